The van der Waals surface area contributed by atoms with E-state index in [1.165, 1.54) is 5.56 Å². The van der Waals surface area contributed by atoms with Gasteiger partial charge in [0.05, 0.1) is 26.1 Å². The molecule has 172 valence electrons. The van der Waals surface area contributed by atoms with E-state index in [4.69, 9.17) is 14.2 Å². The van der Waals surface area contributed by atoms with Gasteiger partial charge >= 0.3 is 0 Å². The smallest absolute Gasteiger partial charge is 0.174 e. The molecule has 0 saturated carbocycles. The van der Waals surface area contributed by atoms with E-state index in [0.29, 0.717) is 0 Å². The van der Waals surface area contributed by atoms with Crippen LogP contribution in [-0.4, -0.2) is 35.2 Å². The van der Waals surface area contributed by atoms with Crippen molar-refractivity contribution in [1.29, 1.82) is 0 Å². The second kappa shape index (κ2) is 11.7. The molecule has 0 N–H and O–H groups in total. The highest BCUT2D eigenvalue weighted by atomic mass is 16.7. The molecule has 1 aliphatic rings. The Bertz CT molecular complexity index is 727. The third-order valence-corrected chi connectivity index (χ3v) is 6.32. The van der Waals surface area contributed by atoms with Gasteiger partial charge in [0.1, 0.15) is 5.75 Å². The van der Waals surface area contributed by atoms with Crippen LogP contribution < -0.4 is 4.74 Å². The first kappa shape index (κ1) is 23.8. The number of unbranched alkanes of at least 4 members (excludes halogenated alkanes) is 1. The number of nitrogens with zero attached hydrogens (tertiary/aromatic N) is 2. The van der Waals surface area contributed by atoms with Crippen molar-refractivity contribution in [3.8, 4) is 5.75 Å². The van der Waals surface area contributed by atoms with Crippen molar-refractivity contribution in [1.82, 2.24) is 9.55 Å². The van der Waals surface area contributed by atoms with Gasteiger partial charge in [-0.15, -0.1) is 0 Å². The van der Waals surface area contributed by atoms with Crippen molar-refractivity contribution in [2.24, 2.45) is 5.41 Å². The molecule has 0 radical (unpaired) electrons. The van der Waals surface area contributed by atoms with E-state index in [9.17, 15) is 0 Å². The molecule has 1 saturated heterocycles. The predicted molar refractivity (Wildman–Crippen MR) is 124 cm³/mol. The zero-order chi connectivity index (χ0) is 22.0. The standard InChI is InChI=1S/C26H40N2O3/c1-4-7-18-29-24-10-8-23(9-11-24)19-26(14-16-28-17-15-27-22-28)30-20-25(12-5-2,13-6-3)21-31-26/h8-11,15,17,22H,4-7,12-14,16,18-21H2,1-3H3. The normalized spacial score (nSPS) is 17.5. The van der Waals surface area contributed by atoms with Gasteiger partial charge in [-0.1, -0.05) is 52.2 Å². The number of aromatic nitrogens is 2. The van der Waals surface area contributed by atoms with Crippen LogP contribution in [0, 0.1) is 5.41 Å². The van der Waals surface area contributed by atoms with Gasteiger partial charge < -0.3 is 18.8 Å². The summed E-state index contributed by atoms with van der Waals surface area (Å²) in [5.41, 5.74) is 1.37. The van der Waals surface area contributed by atoms with Gasteiger partial charge in [-0.25, -0.2) is 4.98 Å². The first-order valence-electron chi connectivity index (χ1n) is 12.1. The van der Waals surface area contributed by atoms with Crippen molar-refractivity contribution < 1.29 is 14.2 Å². The molecule has 1 aromatic carbocycles. The van der Waals surface area contributed by atoms with E-state index in [1.807, 2.05) is 18.7 Å². The van der Waals surface area contributed by atoms with Gasteiger partial charge in [0.2, 0.25) is 0 Å². The Labute approximate surface area is 188 Å². The second-order valence-corrected chi connectivity index (χ2v) is 9.06. The van der Waals surface area contributed by atoms with Crippen LogP contribution in [0.25, 0.3) is 0 Å². The SMILES string of the molecule is CCCCOc1ccc(CC2(CCn3ccnc3)OCC(CCC)(CCC)CO2)cc1. The summed E-state index contributed by atoms with van der Waals surface area (Å²) in [4.78, 5) is 4.17. The average Bonchev–Trinajstić information content (AvgIpc) is 3.30. The van der Waals surface area contributed by atoms with E-state index in [1.54, 1.807) is 0 Å². The fourth-order valence-electron chi connectivity index (χ4n) is 4.53. The number of imidazole rings is 1. The van der Waals surface area contributed by atoms with Gasteiger partial charge in [0.25, 0.3) is 0 Å². The first-order chi connectivity index (χ1) is 15.1. The fourth-order valence-corrected chi connectivity index (χ4v) is 4.53. The van der Waals surface area contributed by atoms with Crippen molar-refractivity contribution >= 4 is 0 Å². The van der Waals surface area contributed by atoms with Crippen LogP contribution in [-0.2, 0) is 22.4 Å². The maximum Gasteiger partial charge on any atom is 0.174 e. The number of hydrogen-bond donors (Lipinski definition) is 0. The van der Waals surface area contributed by atoms with Crippen LogP contribution in [0.4, 0.5) is 0 Å². The highest BCUT2D eigenvalue weighted by Gasteiger charge is 2.43. The van der Waals surface area contributed by atoms with Gasteiger partial charge in [-0.3, -0.25) is 0 Å². The number of aryl methyl sites for hydroxylation is 1. The quantitative estimate of drug-likeness (QED) is 0.366. The molecule has 1 aliphatic heterocycles. The van der Waals surface area contributed by atoms with Gasteiger partial charge in [0, 0.05) is 37.2 Å². The molecule has 2 heterocycles. The van der Waals surface area contributed by atoms with Crippen LogP contribution >= 0.6 is 0 Å². The minimum atomic E-state index is -0.597. The predicted octanol–water partition coefficient (Wildman–Crippen LogP) is 6.02. The second-order valence-electron chi connectivity index (χ2n) is 9.06. The van der Waals surface area contributed by atoms with E-state index >= 15 is 0 Å². The molecule has 2 aromatic rings. The lowest BCUT2D eigenvalue weighted by molar-refractivity contribution is -0.309. The Morgan fingerprint density at radius 1 is 0.968 bits per heavy atom. The lowest BCUT2D eigenvalue weighted by Gasteiger charge is -2.47. The number of hydrogen-bond acceptors (Lipinski definition) is 4. The van der Waals surface area contributed by atoms with Crippen LogP contribution in [0.5, 0.6) is 5.75 Å². The molecule has 5 heteroatoms. The zero-order valence-corrected chi connectivity index (χ0v) is 19.6. The van der Waals surface area contributed by atoms with E-state index in [0.717, 1.165) is 83.5 Å². The zero-order valence-electron chi connectivity index (χ0n) is 19.6. The molecule has 0 aliphatic carbocycles. The monoisotopic (exact) mass is 428 g/mol. The maximum absolute atomic E-state index is 6.61. The van der Waals surface area contributed by atoms with Crippen LogP contribution in [0.2, 0.25) is 0 Å². The molecular weight excluding hydrogens is 388 g/mol. The number of ether oxygens (including phenoxy) is 3. The molecule has 0 spiro atoms. The number of rotatable bonds is 13. The summed E-state index contributed by atoms with van der Waals surface area (Å²) in [5.74, 6) is 0.333. The molecule has 31 heavy (non-hydrogen) atoms. The van der Waals surface area contributed by atoms with Gasteiger partial charge in [0.15, 0.2) is 5.79 Å². The Morgan fingerprint density at radius 3 is 2.26 bits per heavy atom. The van der Waals surface area contributed by atoms with Crippen molar-refractivity contribution in [3.63, 3.8) is 0 Å². The molecule has 0 amide bonds. The summed E-state index contributed by atoms with van der Waals surface area (Å²) in [6.07, 6.45) is 14.1. The summed E-state index contributed by atoms with van der Waals surface area (Å²) in [5, 5.41) is 0. The molecule has 0 bridgehead atoms. The molecule has 1 fully saturated rings. The summed E-state index contributed by atoms with van der Waals surface area (Å²) in [6, 6.07) is 8.42. The third kappa shape index (κ3) is 6.81. The third-order valence-electron chi connectivity index (χ3n) is 6.32. The summed E-state index contributed by atoms with van der Waals surface area (Å²) >= 11 is 0. The Morgan fingerprint density at radius 2 is 1.68 bits per heavy atom. The fraction of sp³-hybridized carbons (Fsp3) is 0.654. The molecule has 5 nitrogen and oxygen atoms in total. The Balaban J connectivity index is 1.69. The summed E-state index contributed by atoms with van der Waals surface area (Å²) in [7, 11) is 0. The van der Waals surface area contributed by atoms with Gasteiger partial charge in [-0.2, -0.15) is 0 Å². The topological polar surface area (TPSA) is 45.5 Å². The van der Waals surface area contributed by atoms with Crippen molar-refractivity contribution in [2.75, 3.05) is 19.8 Å². The lowest BCUT2D eigenvalue weighted by atomic mass is 9.79. The van der Waals surface area contributed by atoms with E-state index in [-0.39, 0.29) is 5.41 Å². The van der Waals surface area contributed by atoms with Crippen molar-refractivity contribution in [3.05, 3.63) is 48.5 Å². The molecule has 3 rings (SSSR count). The summed E-state index contributed by atoms with van der Waals surface area (Å²) < 4.78 is 21.1. The summed E-state index contributed by atoms with van der Waals surface area (Å²) in [6.45, 7) is 9.83. The number of benzene rings is 1. The van der Waals surface area contributed by atoms with Crippen LogP contribution in [0.3, 0.4) is 0 Å². The minimum absolute atomic E-state index is 0.152. The molecule has 0 atom stereocenters. The van der Waals surface area contributed by atoms with Crippen LogP contribution in [0.15, 0.2) is 43.0 Å². The highest BCUT2D eigenvalue weighted by Crippen LogP contribution is 2.40. The highest BCUT2D eigenvalue weighted by molar-refractivity contribution is 5.28. The maximum atomic E-state index is 6.61. The first-order valence-corrected chi connectivity index (χ1v) is 12.1. The van der Waals surface area contributed by atoms with Crippen molar-refractivity contribution in [2.45, 2.75) is 84.5 Å². The van der Waals surface area contributed by atoms with Crippen LogP contribution in [0.1, 0.15) is 71.3 Å². The molecule has 0 unspecified atom stereocenters. The Kier molecular flexibility index (Phi) is 8.97. The molecular formula is C26H40N2O3. The van der Waals surface area contributed by atoms with E-state index in [2.05, 4.69) is 54.6 Å². The average molecular weight is 429 g/mol. The van der Waals surface area contributed by atoms with Gasteiger partial charge in [-0.05, 0) is 37.0 Å². The largest absolute Gasteiger partial charge is 0.494 e. The Hall–Kier alpha value is -1.85. The molecule has 1 aromatic heterocycles. The minimum Gasteiger partial charge on any atom is -0.494 e. The van der Waals surface area contributed by atoms with E-state index < -0.39 is 5.79 Å². The lowest BCUT2D eigenvalue weighted by Crippen LogP contribution is -2.51.